The molecule has 3 heterocycles. The number of amides is 2. The maximum absolute atomic E-state index is 13.8. The molecule has 1 N–H and O–H groups in total. The second-order valence-corrected chi connectivity index (χ2v) is 10.3. The zero-order chi connectivity index (χ0) is 23.1. The van der Waals surface area contributed by atoms with Gasteiger partial charge in [0.1, 0.15) is 6.04 Å². The first-order valence-corrected chi connectivity index (χ1v) is 12.9. The Morgan fingerprint density at radius 1 is 0.853 bits per heavy atom. The molecular weight excluding hydrogens is 422 g/mol. The minimum Gasteiger partial charge on any atom is -0.361 e. The number of rotatable bonds is 3. The molecule has 0 spiro atoms. The van der Waals surface area contributed by atoms with Crippen LogP contribution in [0, 0.1) is 5.92 Å². The van der Waals surface area contributed by atoms with E-state index in [2.05, 4.69) is 35.4 Å². The highest BCUT2D eigenvalue weighted by atomic mass is 16.2. The fraction of sp³-hybridized carbons (Fsp3) is 0.448. The molecule has 3 fully saturated rings. The zero-order valence-corrected chi connectivity index (χ0v) is 19.7. The number of likely N-dealkylation sites (tertiary alicyclic amines) is 2. The first kappa shape index (κ1) is 21.5. The van der Waals surface area contributed by atoms with Crippen LogP contribution < -0.4 is 0 Å². The van der Waals surface area contributed by atoms with Crippen LogP contribution in [0.4, 0.5) is 0 Å². The van der Waals surface area contributed by atoms with Crippen molar-refractivity contribution in [1.29, 1.82) is 0 Å². The van der Waals surface area contributed by atoms with Crippen LogP contribution in [0.3, 0.4) is 0 Å². The summed E-state index contributed by atoms with van der Waals surface area (Å²) in [6.45, 7) is 1.53. The molecule has 2 amide bonds. The number of carbonyl (C=O) groups excluding carboxylic acids is 2. The molecule has 2 aromatic carbocycles. The van der Waals surface area contributed by atoms with Crippen LogP contribution in [0.2, 0.25) is 0 Å². The predicted molar refractivity (Wildman–Crippen MR) is 134 cm³/mol. The molecule has 1 saturated carbocycles. The molecule has 6 rings (SSSR count). The number of aromatic amines is 1. The van der Waals surface area contributed by atoms with E-state index in [1.807, 2.05) is 40.1 Å². The van der Waals surface area contributed by atoms with Crippen LogP contribution in [0.1, 0.15) is 66.8 Å². The molecule has 5 nitrogen and oxygen atoms in total. The van der Waals surface area contributed by atoms with Crippen molar-refractivity contribution in [1.82, 2.24) is 14.8 Å². The van der Waals surface area contributed by atoms with Gasteiger partial charge in [0.05, 0.1) is 0 Å². The second kappa shape index (κ2) is 8.94. The van der Waals surface area contributed by atoms with Crippen LogP contribution in [-0.2, 0) is 4.79 Å². The van der Waals surface area contributed by atoms with E-state index in [1.165, 1.54) is 22.9 Å². The number of fused-ring (bicyclic) bond motifs is 2. The van der Waals surface area contributed by atoms with Crippen molar-refractivity contribution >= 4 is 22.7 Å². The van der Waals surface area contributed by atoms with Crippen LogP contribution in [0.15, 0.2) is 60.8 Å². The Morgan fingerprint density at radius 2 is 1.59 bits per heavy atom. The largest absolute Gasteiger partial charge is 0.361 e. The summed E-state index contributed by atoms with van der Waals surface area (Å²) in [4.78, 5) is 34.8. The highest BCUT2D eigenvalue weighted by molar-refractivity contribution is 5.98. The highest BCUT2D eigenvalue weighted by Gasteiger charge is 2.48. The number of nitrogens with one attached hydrogen (secondary N) is 1. The lowest BCUT2D eigenvalue weighted by Crippen LogP contribution is -2.52. The fourth-order valence-electron chi connectivity index (χ4n) is 6.76. The van der Waals surface area contributed by atoms with Crippen molar-refractivity contribution in [3.63, 3.8) is 0 Å². The lowest BCUT2D eigenvalue weighted by Gasteiger charge is -2.37. The number of piperidine rings is 1. The van der Waals surface area contributed by atoms with Gasteiger partial charge < -0.3 is 14.8 Å². The third kappa shape index (κ3) is 3.71. The van der Waals surface area contributed by atoms with Gasteiger partial charge in [0, 0.05) is 41.8 Å². The lowest BCUT2D eigenvalue weighted by atomic mass is 9.84. The quantitative estimate of drug-likeness (QED) is 0.579. The van der Waals surface area contributed by atoms with Crippen molar-refractivity contribution < 1.29 is 9.59 Å². The Morgan fingerprint density at radius 3 is 2.41 bits per heavy atom. The number of nitrogens with zero attached hydrogens (tertiary/aromatic N) is 2. The monoisotopic (exact) mass is 455 g/mol. The Labute approximate surface area is 201 Å². The van der Waals surface area contributed by atoms with E-state index < -0.39 is 0 Å². The van der Waals surface area contributed by atoms with E-state index in [0.717, 1.165) is 51.6 Å². The minimum absolute atomic E-state index is 0.0297. The second-order valence-electron chi connectivity index (χ2n) is 10.3. The summed E-state index contributed by atoms with van der Waals surface area (Å²) in [6, 6.07) is 17.9. The summed E-state index contributed by atoms with van der Waals surface area (Å²) >= 11 is 0. The molecule has 3 aliphatic rings. The predicted octanol–water partition coefficient (Wildman–Crippen LogP) is 5.35. The van der Waals surface area contributed by atoms with Crippen molar-refractivity contribution in [3.8, 4) is 0 Å². The smallest absolute Gasteiger partial charge is 0.254 e. The summed E-state index contributed by atoms with van der Waals surface area (Å²) in [6.07, 6.45) is 9.44. The highest BCUT2D eigenvalue weighted by Crippen LogP contribution is 2.42. The summed E-state index contributed by atoms with van der Waals surface area (Å²) in [5.41, 5.74) is 3.25. The molecule has 3 unspecified atom stereocenters. The van der Waals surface area contributed by atoms with Crippen LogP contribution in [0.25, 0.3) is 10.9 Å². The normalized spacial score (nSPS) is 25.5. The van der Waals surface area contributed by atoms with E-state index >= 15 is 0 Å². The van der Waals surface area contributed by atoms with Crippen molar-refractivity contribution in [2.45, 2.75) is 62.9 Å². The van der Waals surface area contributed by atoms with Gasteiger partial charge in [0.15, 0.2) is 0 Å². The summed E-state index contributed by atoms with van der Waals surface area (Å²) in [5, 5.41) is 1.30. The van der Waals surface area contributed by atoms with E-state index in [4.69, 9.17) is 0 Å². The topological polar surface area (TPSA) is 56.4 Å². The molecular formula is C29H33N3O2. The third-order valence-electron chi connectivity index (χ3n) is 8.50. The number of benzene rings is 2. The maximum Gasteiger partial charge on any atom is 0.254 e. The van der Waals surface area contributed by atoms with Gasteiger partial charge >= 0.3 is 0 Å². The molecule has 0 radical (unpaired) electrons. The third-order valence-corrected chi connectivity index (χ3v) is 8.50. The first-order valence-electron chi connectivity index (χ1n) is 12.9. The van der Waals surface area contributed by atoms with Gasteiger partial charge in [-0.3, -0.25) is 9.59 Å². The Balaban J connectivity index is 1.19. The van der Waals surface area contributed by atoms with Gasteiger partial charge in [-0.15, -0.1) is 0 Å². The molecule has 1 aromatic heterocycles. The van der Waals surface area contributed by atoms with Crippen molar-refractivity contribution in [2.24, 2.45) is 5.92 Å². The number of hydrogen-bond donors (Lipinski definition) is 1. The van der Waals surface area contributed by atoms with E-state index in [9.17, 15) is 9.59 Å². The average molecular weight is 456 g/mol. The van der Waals surface area contributed by atoms with Gasteiger partial charge in [0.2, 0.25) is 5.91 Å². The van der Waals surface area contributed by atoms with Gasteiger partial charge in [-0.1, -0.05) is 49.2 Å². The van der Waals surface area contributed by atoms with Gasteiger partial charge in [-0.2, -0.15) is 0 Å². The van der Waals surface area contributed by atoms with Gasteiger partial charge in [-0.25, -0.2) is 0 Å². The number of aromatic nitrogens is 1. The van der Waals surface area contributed by atoms with Gasteiger partial charge in [-0.05, 0) is 67.7 Å². The summed E-state index contributed by atoms with van der Waals surface area (Å²) in [7, 11) is 0. The molecule has 1 aliphatic carbocycles. The maximum atomic E-state index is 13.8. The fourth-order valence-corrected chi connectivity index (χ4v) is 6.76. The van der Waals surface area contributed by atoms with Crippen LogP contribution in [0.5, 0.6) is 0 Å². The van der Waals surface area contributed by atoms with E-state index in [1.54, 1.807) is 0 Å². The molecule has 176 valence electrons. The Bertz CT molecular complexity index is 1180. The molecule has 3 atom stereocenters. The first-order chi connectivity index (χ1) is 16.7. The number of hydrogen-bond acceptors (Lipinski definition) is 2. The Hall–Kier alpha value is -3.08. The lowest BCUT2D eigenvalue weighted by molar-refractivity contribution is -0.136. The zero-order valence-electron chi connectivity index (χ0n) is 19.7. The standard InChI is InChI=1S/C29H33N3O2/c33-28(21-8-2-1-3-9-21)32-26-13-7-4-10-22(26)18-27(32)29(34)31-16-14-20(15-17-31)24-19-30-25-12-6-5-11-23(24)25/h1-3,5-6,8-9,11-12,19-20,22,26-27,30H,4,7,10,13-18H2. The molecule has 0 bridgehead atoms. The molecule has 5 heteroatoms. The molecule has 2 saturated heterocycles. The molecule has 3 aromatic rings. The average Bonchev–Trinajstić information content (AvgIpc) is 3.50. The SMILES string of the molecule is O=C(C1CC2CCCCC2N1C(=O)c1ccccc1)N1CCC(c2c[nH]c3ccccc23)CC1. The van der Waals surface area contributed by atoms with E-state index in [0.29, 0.717) is 17.4 Å². The number of carbonyl (C=O) groups is 2. The molecule has 34 heavy (non-hydrogen) atoms. The van der Waals surface area contributed by atoms with Crippen molar-refractivity contribution in [2.75, 3.05) is 13.1 Å². The van der Waals surface area contributed by atoms with E-state index in [-0.39, 0.29) is 23.9 Å². The Kier molecular flexibility index (Phi) is 5.64. The summed E-state index contributed by atoms with van der Waals surface area (Å²) in [5.74, 6) is 1.12. The summed E-state index contributed by atoms with van der Waals surface area (Å²) < 4.78 is 0. The molecule has 2 aliphatic heterocycles. The van der Waals surface area contributed by atoms with Gasteiger partial charge in [0.25, 0.3) is 5.91 Å². The number of para-hydroxylation sites is 1. The number of H-pyrrole nitrogens is 1. The minimum atomic E-state index is -0.314. The van der Waals surface area contributed by atoms with Crippen LogP contribution in [-0.4, -0.2) is 51.8 Å². The van der Waals surface area contributed by atoms with Crippen molar-refractivity contribution in [3.05, 3.63) is 71.9 Å². The van der Waals surface area contributed by atoms with Crippen LogP contribution >= 0.6 is 0 Å².